The minimum Gasteiger partial charge on any atom is -0.508 e. The molecule has 38 heavy (non-hydrogen) atoms. The molecule has 3 aromatic carbocycles. The van der Waals surface area contributed by atoms with Crippen molar-refractivity contribution in [1.29, 1.82) is 0 Å². The van der Waals surface area contributed by atoms with Gasteiger partial charge >= 0.3 is 17.8 Å². The third-order valence-electron chi connectivity index (χ3n) is 6.19. The van der Waals surface area contributed by atoms with Crippen LogP contribution in [0.5, 0.6) is 5.75 Å². The van der Waals surface area contributed by atoms with Crippen molar-refractivity contribution in [1.82, 2.24) is 10.6 Å². The molecule has 0 aliphatic carbocycles. The molecule has 11 heteroatoms. The number of benzene rings is 3. The van der Waals surface area contributed by atoms with Crippen LogP contribution in [0.3, 0.4) is 0 Å². The van der Waals surface area contributed by atoms with Gasteiger partial charge in [-0.3, -0.25) is 14.4 Å². The summed E-state index contributed by atoms with van der Waals surface area (Å²) in [5.41, 5.74) is 6.42. The van der Waals surface area contributed by atoms with Gasteiger partial charge in [0.05, 0.1) is 0 Å². The van der Waals surface area contributed by atoms with Crippen LogP contribution in [0, 0.1) is 0 Å². The lowest BCUT2D eigenvalue weighted by atomic mass is 10.0. The van der Waals surface area contributed by atoms with E-state index < -0.39 is 35.4 Å². The number of nitrogens with two attached hydrogens (primary N) is 1. The zero-order valence-electron chi connectivity index (χ0n) is 20.2. The number of phenols is 1. The van der Waals surface area contributed by atoms with E-state index in [2.05, 4.69) is 21.3 Å². The van der Waals surface area contributed by atoms with Crippen LogP contribution in [0.2, 0.25) is 0 Å². The van der Waals surface area contributed by atoms with Crippen molar-refractivity contribution < 1.29 is 29.4 Å². The third kappa shape index (κ3) is 5.73. The molecule has 1 aliphatic rings. The summed E-state index contributed by atoms with van der Waals surface area (Å²) in [6.45, 7) is 0.0449. The summed E-state index contributed by atoms with van der Waals surface area (Å²) in [5.74, 6) is -4.45. The highest BCUT2D eigenvalue weighted by Gasteiger charge is 2.46. The second-order valence-electron chi connectivity index (χ2n) is 8.87. The molecule has 3 amide bonds. The van der Waals surface area contributed by atoms with Crippen LogP contribution in [-0.2, 0) is 38.6 Å². The van der Waals surface area contributed by atoms with Gasteiger partial charge in [0.2, 0.25) is 11.6 Å². The number of phenolic OH excluding ortho intramolecular Hbond substituents is 1. The summed E-state index contributed by atoms with van der Waals surface area (Å²) in [5, 5.41) is 29.9. The van der Waals surface area contributed by atoms with Gasteiger partial charge in [-0.15, -0.1) is 0 Å². The topological polar surface area (TPSA) is 183 Å². The van der Waals surface area contributed by atoms with Crippen molar-refractivity contribution in [2.24, 2.45) is 5.73 Å². The number of hydrogen-bond acceptors (Lipinski definition) is 7. The smallest absolute Gasteiger partial charge is 0.350 e. The molecule has 0 saturated carbocycles. The largest absolute Gasteiger partial charge is 0.508 e. The van der Waals surface area contributed by atoms with Crippen LogP contribution in [0.25, 0.3) is 0 Å². The standard InChI is InChI=1S/C27H27N5O6/c28-15-18-10-11-19(33)13-21(18)29-24(35)25(36)30-22(12-16-6-2-1-3-7-16)23(34)32-27(26(37)38)14-17-8-4-5-9-20(17)31-27/h1-11,13,22,31,33H,12,14-15,28H2,(H,29,35)(H,30,36)(H,32,34)(H,37,38). The average Bonchev–Trinajstić information content (AvgIpc) is 3.28. The predicted octanol–water partition coefficient (Wildman–Crippen LogP) is 1.08. The van der Waals surface area contributed by atoms with Crippen LogP contribution in [0.4, 0.5) is 11.4 Å². The molecular formula is C27H27N5O6. The lowest BCUT2D eigenvalue weighted by Crippen LogP contribution is -2.63. The highest BCUT2D eigenvalue weighted by molar-refractivity contribution is 6.40. The molecule has 0 fully saturated rings. The first kappa shape index (κ1) is 26.2. The first-order valence-electron chi connectivity index (χ1n) is 11.8. The van der Waals surface area contributed by atoms with Gasteiger partial charge in [-0.05, 0) is 28.8 Å². The molecule has 0 radical (unpaired) electrons. The normalized spacial score (nSPS) is 16.4. The van der Waals surface area contributed by atoms with E-state index in [1.807, 2.05) is 0 Å². The SMILES string of the molecule is NCc1ccc(O)cc1NC(=O)C(=O)NC(Cc1ccccc1)C(=O)NC1(C(=O)O)Cc2ccccc2N1. The number of anilines is 2. The molecular weight excluding hydrogens is 490 g/mol. The Morgan fingerprint density at radius 1 is 0.974 bits per heavy atom. The number of aromatic hydroxyl groups is 1. The molecule has 8 N–H and O–H groups in total. The zero-order valence-corrected chi connectivity index (χ0v) is 20.2. The van der Waals surface area contributed by atoms with Crippen molar-refractivity contribution in [3.8, 4) is 5.75 Å². The van der Waals surface area contributed by atoms with Gasteiger partial charge in [0, 0.05) is 36.8 Å². The summed E-state index contributed by atoms with van der Waals surface area (Å²) in [6, 6.07) is 18.6. The van der Waals surface area contributed by atoms with E-state index in [-0.39, 0.29) is 30.8 Å². The fraction of sp³-hybridized carbons (Fsp3) is 0.185. The summed E-state index contributed by atoms with van der Waals surface area (Å²) in [6.07, 6.45) is -0.0232. The first-order chi connectivity index (χ1) is 18.2. The Morgan fingerprint density at radius 3 is 2.37 bits per heavy atom. The number of hydrogen-bond donors (Lipinski definition) is 7. The molecule has 1 aliphatic heterocycles. The van der Waals surface area contributed by atoms with Gasteiger partial charge in [0.1, 0.15) is 11.8 Å². The second-order valence-corrected chi connectivity index (χ2v) is 8.87. The third-order valence-corrected chi connectivity index (χ3v) is 6.19. The summed E-state index contributed by atoms with van der Waals surface area (Å²) >= 11 is 0. The Kier molecular flexibility index (Phi) is 7.58. The van der Waals surface area contributed by atoms with E-state index >= 15 is 0 Å². The van der Waals surface area contributed by atoms with Crippen LogP contribution in [0.15, 0.2) is 72.8 Å². The quantitative estimate of drug-likeness (QED) is 0.217. The minimum atomic E-state index is -1.83. The molecule has 3 aromatic rings. The highest BCUT2D eigenvalue weighted by atomic mass is 16.4. The molecule has 0 spiro atoms. The summed E-state index contributed by atoms with van der Waals surface area (Å²) < 4.78 is 0. The lowest BCUT2D eigenvalue weighted by molar-refractivity contribution is -0.146. The number of fused-ring (bicyclic) bond motifs is 1. The maximum atomic E-state index is 13.4. The Balaban J connectivity index is 1.54. The zero-order chi connectivity index (χ0) is 27.3. The molecule has 0 saturated heterocycles. The van der Waals surface area contributed by atoms with E-state index in [9.17, 15) is 29.4 Å². The highest BCUT2D eigenvalue weighted by Crippen LogP contribution is 2.31. The van der Waals surface area contributed by atoms with Gasteiger partial charge in [0.15, 0.2) is 0 Å². The van der Waals surface area contributed by atoms with Gasteiger partial charge < -0.3 is 37.2 Å². The molecule has 2 atom stereocenters. The maximum absolute atomic E-state index is 13.4. The van der Waals surface area contributed by atoms with E-state index in [0.29, 0.717) is 22.4 Å². The average molecular weight is 518 g/mol. The number of amides is 3. The van der Waals surface area contributed by atoms with E-state index in [4.69, 9.17) is 5.73 Å². The van der Waals surface area contributed by atoms with Crippen molar-refractivity contribution >= 4 is 35.1 Å². The van der Waals surface area contributed by atoms with E-state index in [1.54, 1.807) is 54.6 Å². The Bertz CT molecular complexity index is 1350. The van der Waals surface area contributed by atoms with Gasteiger partial charge in [-0.25, -0.2) is 4.79 Å². The first-order valence-corrected chi connectivity index (χ1v) is 11.8. The molecule has 196 valence electrons. The molecule has 2 unspecified atom stereocenters. The number of rotatable bonds is 8. The van der Waals surface area contributed by atoms with E-state index in [0.717, 1.165) is 0 Å². The van der Waals surface area contributed by atoms with Gasteiger partial charge in [-0.1, -0.05) is 54.6 Å². The molecule has 0 aromatic heterocycles. The van der Waals surface area contributed by atoms with Crippen molar-refractivity contribution in [3.05, 3.63) is 89.5 Å². The lowest BCUT2D eigenvalue weighted by Gasteiger charge is -2.29. The second kappa shape index (κ2) is 11.0. The summed E-state index contributed by atoms with van der Waals surface area (Å²) in [7, 11) is 0. The van der Waals surface area contributed by atoms with Crippen molar-refractivity contribution in [2.75, 3.05) is 10.6 Å². The molecule has 0 bridgehead atoms. The molecule has 4 rings (SSSR count). The predicted molar refractivity (Wildman–Crippen MR) is 139 cm³/mol. The van der Waals surface area contributed by atoms with Crippen molar-refractivity contribution in [2.45, 2.75) is 31.1 Å². The monoisotopic (exact) mass is 517 g/mol. The number of aliphatic carboxylic acids is 1. The molecule has 11 nitrogen and oxygen atoms in total. The fourth-order valence-electron chi connectivity index (χ4n) is 4.23. The number of nitrogens with one attached hydrogen (secondary N) is 4. The molecule has 1 heterocycles. The van der Waals surface area contributed by atoms with Gasteiger partial charge in [0.25, 0.3) is 0 Å². The number of carboxylic acids is 1. The van der Waals surface area contributed by atoms with Crippen LogP contribution < -0.4 is 27.0 Å². The Morgan fingerprint density at radius 2 is 1.68 bits per heavy atom. The number of para-hydroxylation sites is 1. The van der Waals surface area contributed by atoms with Crippen molar-refractivity contribution in [3.63, 3.8) is 0 Å². The van der Waals surface area contributed by atoms with Crippen LogP contribution in [0.1, 0.15) is 16.7 Å². The fourth-order valence-corrected chi connectivity index (χ4v) is 4.23. The Labute approximate surface area is 218 Å². The van der Waals surface area contributed by atoms with Gasteiger partial charge in [-0.2, -0.15) is 0 Å². The van der Waals surface area contributed by atoms with E-state index in [1.165, 1.54) is 18.2 Å². The number of carboxylic acid groups (broad SMARTS) is 1. The minimum absolute atomic E-state index is 0.00544. The summed E-state index contributed by atoms with van der Waals surface area (Å²) in [4.78, 5) is 51.2. The number of carbonyl (C=O) groups excluding carboxylic acids is 3. The maximum Gasteiger partial charge on any atom is 0.350 e. The van der Waals surface area contributed by atoms with Crippen LogP contribution >= 0.6 is 0 Å². The van der Waals surface area contributed by atoms with Crippen LogP contribution in [-0.4, -0.2) is 45.6 Å². The Hall–Kier alpha value is -4.90. The number of carbonyl (C=O) groups is 4.